The molecule has 1 fully saturated rings. The molecule has 1 aromatic heterocycles. The van der Waals surface area contributed by atoms with E-state index in [0.29, 0.717) is 44.0 Å². The van der Waals surface area contributed by atoms with Crippen LogP contribution in [0.3, 0.4) is 0 Å². The molecule has 1 amide bonds. The average Bonchev–Trinajstić information content (AvgIpc) is 2.75. The van der Waals surface area contributed by atoms with Gasteiger partial charge in [0.25, 0.3) is 0 Å². The van der Waals surface area contributed by atoms with E-state index in [9.17, 15) is 24.6 Å². The lowest BCUT2D eigenvalue weighted by Crippen LogP contribution is -2.45. The number of benzene rings is 1. The zero-order valence-electron chi connectivity index (χ0n) is 16.6. The van der Waals surface area contributed by atoms with Crippen molar-refractivity contribution >= 4 is 12.4 Å². The van der Waals surface area contributed by atoms with Crippen molar-refractivity contribution in [2.45, 2.75) is 18.9 Å². The van der Waals surface area contributed by atoms with Gasteiger partial charge in [0.05, 0.1) is 26.0 Å². The molecule has 1 aliphatic rings. The number of hydrogen-bond acceptors (Lipinski definition) is 8. The fourth-order valence-corrected chi connectivity index (χ4v) is 3.43. The summed E-state index contributed by atoms with van der Waals surface area (Å²) in [5, 5.41) is 20.0. The minimum absolute atomic E-state index is 0.0277. The average molecular weight is 416 g/mol. The van der Waals surface area contributed by atoms with E-state index in [2.05, 4.69) is 0 Å². The summed E-state index contributed by atoms with van der Waals surface area (Å²) in [5.41, 5.74) is -0.0279. The third-order valence-corrected chi connectivity index (χ3v) is 5.15. The SMILES string of the molecule is COC(=O)C[C@H](c1ccc(O)cc1)c1oc(CN2CCN(C=O)CC2)cc(=O)c1O. The van der Waals surface area contributed by atoms with Crippen LogP contribution in [0.5, 0.6) is 11.5 Å². The molecule has 0 spiro atoms. The summed E-state index contributed by atoms with van der Waals surface area (Å²) in [6.07, 6.45) is 0.657. The Kier molecular flexibility index (Phi) is 6.73. The first kappa shape index (κ1) is 21.4. The van der Waals surface area contributed by atoms with Gasteiger partial charge in [-0.25, -0.2) is 0 Å². The third-order valence-electron chi connectivity index (χ3n) is 5.15. The fourth-order valence-electron chi connectivity index (χ4n) is 3.43. The van der Waals surface area contributed by atoms with Crippen LogP contribution in [0.25, 0.3) is 0 Å². The smallest absolute Gasteiger partial charge is 0.306 e. The molecule has 1 atom stereocenters. The maximum Gasteiger partial charge on any atom is 0.306 e. The van der Waals surface area contributed by atoms with Gasteiger partial charge in [-0.2, -0.15) is 0 Å². The van der Waals surface area contributed by atoms with Crippen LogP contribution in [0.1, 0.15) is 29.4 Å². The summed E-state index contributed by atoms with van der Waals surface area (Å²) in [7, 11) is 1.25. The standard InChI is InChI=1S/C21H24N2O7/c1-29-19(27)11-17(14-2-4-15(25)5-3-14)21-20(28)18(26)10-16(30-21)12-22-6-8-23(13-24)9-7-22/h2-5,10,13,17,25,28H,6-9,11-12H2,1H3/t17-/m1/s1. The molecule has 0 bridgehead atoms. The number of phenolic OH excluding ortho intramolecular Hbond substituents is 1. The molecule has 0 radical (unpaired) electrons. The predicted octanol–water partition coefficient (Wildman–Crippen LogP) is 1.02. The summed E-state index contributed by atoms with van der Waals surface area (Å²) in [6.45, 7) is 2.74. The molecule has 0 unspecified atom stereocenters. The van der Waals surface area contributed by atoms with Gasteiger partial charge in [-0.1, -0.05) is 12.1 Å². The van der Waals surface area contributed by atoms with Crippen LogP contribution < -0.4 is 5.43 Å². The van der Waals surface area contributed by atoms with Gasteiger partial charge in [0.1, 0.15) is 11.5 Å². The molecule has 9 heteroatoms. The van der Waals surface area contributed by atoms with E-state index < -0.39 is 23.1 Å². The van der Waals surface area contributed by atoms with Gasteiger partial charge in [0, 0.05) is 32.2 Å². The minimum Gasteiger partial charge on any atom is -0.508 e. The number of aromatic hydroxyl groups is 2. The maximum atomic E-state index is 12.4. The molecule has 3 rings (SSSR count). The van der Waals surface area contributed by atoms with Crippen molar-refractivity contribution < 1.29 is 29.0 Å². The number of piperazine rings is 1. The van der Waals surface area contributed by atoms with E-state index in [4.69, 9.17) is 9.15 Å². The van der Waals surface area contributed by atoms with Gasteiger partial charge in [0.15, 0.2) is 5.76 Å². The third kappa shape index (κ3) is 4.98. The van der Waals surface area contributed by atoms with Crippen LogP contribution in [0, 0.1) is 0 Å². The number of nitrogens with zero attached hydrogens (tertiary/aromatic N) is 2. The van der Waals surface area contributed by atoms with E-state index in [1.54, 1.807) is 17.0 Å². The second-order valence-corrected chi connectivity index (χ2v) is 7.13. The highest BCUT2D eigenvalue weighted by Gasteiger charge is 2.27. The van der Waals surface area contributed by atoms with Crippen molar-refractivity contribution in [1.82, 2.24) is 9.80 Å². The van der Waals surface area contributed by atoms with Gasteiger partial charge in [-0.15, -0.1) is 0 Å². The van der Waals surface area contributed by atoms with Crippen molar-refractivity contribution in [3.05, 3.63) is 57.6 Å². The minimum atomic E-state index is -0.766. The number of amides is 1. The Morgan fingerprint density at radius 3 is 2.47 bits per heavy atom. The van der Waals surface area contributed by atoms with E-state index in [1.807, 2.05) is 4.90 Å². The Labute approximate surface area is 173 Å². The second kappa shape index (κ2) is 9.45. The molecule has 2 heterocycles. The summed E-state index contributed by atoms with van der Waals surface area (Å²) in [4.78, 5) is 39.0. The van der Waals surface area contributed by atoms with Crippen LogP contribution in [0.2, 0.25) is 0 Å². The van der Waals surface area contributed by atoms with E-state index >= 15 is 0 Å². The van der Waals surface area contributed by atoms with E-state index in [-0.39, 0.29) is 17.9 Å². The molecule has 1 aromatic carbocycles. The Balaban J connectivity index is 1.92. The molecular weight excluding hydrogens is 392 g/mol. The molecule has 2 N–H and O–H groups in total. The molecule has 1 aliphatic heterocycles. The lowest BCUT2D eigenvalue weighted by atomic mass is 9.92. The number of phenols is 1. The Hall–Kier alpha value is -3.33. The molecule has 1 saturated heterocycles. The molecule has 0 aliphatic carbocycles. The van der Waals surface area contributed by atoms with E-state index in [0.717, 1.165) is 6.41 Å². The molecule has 9 nitrogen and oxygen atoms in total. The first-order valence-corrected chi connectivity index (χ1v) is 9.54. The number of carbonyl (C=O) groups excluding carboxylic acids is 2. The topological polar surface area (TPSA) is 121 Å². The first-order valence-electron chi connectivity index (χ1n) is 9.54. The maximum absolute atomic E-state index is 12.4. The number of esters is 1. The predicted molar refractivity (Wildman–Crippen MR) is 106 cm³/mol. The van der Waals surface area contributed by atoms with Crippen molar-refractivity contribution in [2.75, 3.05) is 33.3 Å². The largest absolute Gasteiger partial charge is 0.508 e. The monoisotopic (exact) mass is 416 g/mol. The van der Waals surface area contributed by atoms with E-state index in [1.165, 1.54) is 25.3 Å². The van der Waals surface area contributed by atoms with Crippen molar-refractivity contribution in [1.29, 1.82) is 0 Å². The second-order valence-electron chi connectivity index (χ2n) is 7.13. The van der Waals surface area contributed by atoms with Crippen molar-refractivity contribution in [3.8, 4) is 11.5 Å². The first-order chi connectivity index (χ1) is 14.4. The zero-order chi connectivity index (χ0) is 21.7. The highest BCUT2D eigenvalue weighted by Crippen LogP contribution is 2.34. The van der Waals surface area contributed by atoms with Gasteiger partial charge in [0.2, 0.25) is 17.6 Å². The van der Waals surface area contributed by atoms with Crippen LogP contribution in [0.4, 0.5) is 0 Å². The highest BCUT2D eigenvalue weighted by atomic mass is 16.5. The lowest BCUT2D eigenvalue weighted by molar-refractivity contribution is -0.141. The summed E-state index contributed by atoms with van der Waals surface area (Å²) in [6, 6.07) is 7.31. The number of carbonyl (C=O) groups is 2. The molecule has 160 valence electrons. The number of hydrogen-bond donors (Lipinski definition) is 2. The number of methoxy groups -OCH3 is 1. The van der Waals surface area contributed by atoms with Crippen LogP contribution >= 0.6 is 0 Å². The highest BCUT2D eigenvalue weighted by molar-refractivity contribution is 5.71. The quantitative estimate of drug-likeness (QED) is 0.507. The van der Waals surface area contributed by atoms with Gasteiger partial charge < -0.3 is 24.3 Å². The molecule has 2 aromatic rings. The molecule has 0 saturated carbocycles. The Bertz CT molecular complexity index is 947. The molecule has 30 heavy (non-hydrogen) atoms. The van der Waals surface area contributed by atoms with Gasteiger partial charge in [-0.05, 0) is 17.7 Å². The number of rotatable bonds is 7. The lowest BCUT2D eigenvalue weighted by Gasteiger charge is -2.32. The number of ether oxygens (including phenoxy) is 1. The van der Waals surface area contributed by atoms with Crippen LogP contribution in [0.15, 0.2) is 39.5 Å². The van der Waals surface area contributed by atoms with Gasteiger partial charge >= 0.3 is 5.97 Å². The fraction of sp³-hybridized carbons (Fsp3) is 0.381. The molecular formula is C21H24N2O7. The Morgan fingerprint density at radius 1 is 1.20 bits per heavy atom. The van der Waals surface area contributed by atoms with Crippen LogP contribution in [-0.2, 0) is 20.9 Å². The Morgan fingerprint density at radius 2 is 1.87 bits per heavy atom. The van der Waals surface area contributed by atoms with Crippen molar-refractivity contribution in [3.63, 3.8) is 0 Å². The zero-order valence-corrected chi connectivity index (χ0v) is 16.6. The summed E-state index contributed by atoms with van der Waals surface area (Å²) in [5.74, 6) is -1.50. The van der Waals surface area contributed by atoms with Crippen LogP contribution in [-0.4, -0.2) is 65.7 Å². The summed E-state index contributed by atoms with van der Waals surface area (Å²) >= 11 is 0. The normalized spacial score (nSPS) is 15.6. The summed E-state index contributed by atoms with van der Waals surface area (Å²) < 4.78 is 10.7. The van der Waals surface area contributed by atoms with Crippen molar-refractivity contribution in [2.24, 2.45) is 0 Å². The van der Waals surface area contributed by atoms with Gasteiger partial charge in [-0.3, -0.25) is 19.3 Å².